The minimum absolute atomic E-state index is 0.0299. The molecule has 0 amide bonds. The Labute approximate surface area is 118 Å². The van der Waals surface area contributed by atoms with Crippen LogP contribution in [0.5, 0.6) is 0 Å². The Morgan fingerprint density at radius 3 is 2.90 bits per heavy atom. The first kappa shape index (κ1) is 14.4. The van der Waals surface area contributed by atoms with E-state index in [0.717, 1.165) is 25.7 Å². The van der Waals surface area contributed by atoms with Crippen molar-refractivity contribution < 1.29 is 18.7 Å². The molecular weight excluding hydrogens is 256 g/mol. The van der Waals surface area contributed by atoms with Gasteiger partial charge in [0.1, 0.15) is 11.7 Å². The Kier molecular flexibility index (Phi) is 5.00. The molecule has 2 rings (SSSR count). The fraction of sp³-hybridized carbons (Fsp3) is 0.500. The molecule has 4 heteroatoms. The van der Waals surface area contributed by atoms with Gasteiger partial charge >= 0.3 is 5.97 Å². The summed E-state index contributed by atoms with van der Waals surface area (Å²) in [5.41, 5.74) is 0.610. The highest BCUT2D eigenvalue weighted by molar-refractivity contribution is 5.99. The number of Topliss-reactive ketones (excluding diaryl/α,β-unsaturated/α-hetero) is 1. The molecule has 1 aromatic heterocycles. The van der Waals surface area contributed by atoms with Crippen LogP contribution in [0.4, 0.5) is 0 Å². The van der Waals surface area contributed by atoms with Crippen LogP contribution in [-0.2, 0) is 14.3 Å². The summed E-state index contributed by atoms with van der Waals surface area (Å²) in [6.45, 7) is 0. The van der Waals surface area contributed by atoms with Gasteiger partial charge in [-0.05, 0) is 18.9 Å². The maximum atomic E-state index is 12.2. The lowest BCUT2D eigenvalue weighted by Gasteiger charge is -2.19. The zero-order chi connectivity index (χ0) is 14.4. The van der Waals surface area contributed by atoms with E-state index in [4.69, 9.17) is 15.6 Å². The molecule has 0 aliphatic heterocycles. The van der Waals surface area contributed by atoms with Gasteiger partial charge in [-0.2, -0.15) is 0 Å². The topological polar surface area (TPSA) is 56.5 Å². The summed E-state index contributed by atoms with van der Waals surface area (Å²) in [6, 6.07) is 1.65. The molecule has 0 bridgehead atoms. The van der Waals surface area contributed by atoms with E-state index in [1.807, 2.05) is 0 Å². The maximum Gasteiger partial charge on any atom is 0.318 e. The van der Waals surface area contributed by atoms with Crippen LogP contribution in [0.15, 0.2) is 23.0 Å². The molecule has 106 valence electrons. The van der Waals surface area contributed by atoms with Crippen LogP contribution in [0.1, 0.15) is 50.2 Å². The monoisotopic (exact) mass is 274 g/mol. The second-order valence-electron chi connectivity index (χ2n) is 5.01. The van der Waals surface area contributed by atoms with Crippen molar-refractivity contribution in [1.29, 1.82) is 0 Å². The lowest BCUT2D eigenvalue weighted by Crippen LogP contribution is -2.28. The Bertz CT molecular complexity index is 495. The third-order valence-electron chi connectivity index (χ3n) is 3.57. The quantitative estimate of drug-likeness (QED) is 0.483. The average molecular weight is 274 g/mol. The molecule has 0 radical (unpaired) electrons. The minimum Gasteiger partial charge on any atom is -0.472 e. The van der Waals surface area contributed by atoms with E-state index in [2.05, 4.69) is 5.92 Å². The van der Waals surface area contributed by atoms with Gasteiger partial charge in [0.05, 0.1) is 12.5 Å². The van der Waals surface area contributed by atoms with E-state index >= 15 is 0 Å². The molecule has 4 nitrogen and oxygen atoms in total. The maximum absolute atomic E-state index is 12.2. The van der Waals surface area contributed by atoms with Crippen molar-refractivity contribution in [2.24, 2.45) is 5.92 Å². The second kappa shape index (κ2) is 6.95. The van der Waals surface area contributed by atoms with Gasteiger partial charge in [0.2, 0.25) is 0 Å². The van der Waals surface area contributed by atoms with Crippen LogP contribution in [0.3, 0.4) is 0 Å². The van der Waals surface area contributed by atoms with E-state index in [1.165, 1.54) is 12.5 Å². The van der Waals surface area contributed by atoms with Crippen LogP contribution >= 0.6 is 0 Å². The summed E-state index contributed by atoms with van der Waals surface area (Å²) in [6.07, 6.45) is 12.3. The summed E-state index contributed by atoms with van der Waals surface area (Å²) < 4.78 is 10.2. The van der Waals surface area contributed by atoms with Gasteiger partial charge in [-0.3, -0.25) is 9.59 Å². The molecule has 0 saturated heterocycles. The Morgan fingerprint density at radius 2 is 2.20 bits per heavy atom. The molecular formula is C16H18O4. The predicted octanol–water partition coefficient (Wildman–Crippen LogP) is 3.04. The fourth-order valence-electron chi connectivity index (χ4n) is 2.41. The first-order valence-corrected chi connectivity index (χ1v) is 6.94. The molecule has 0 spiro atoms. The molecule has 2 atom stereocenters. The van der Waals surface area contributed by atoms with Gasteiger partial charge in [0.15, 0.2) is 6.10 Å². The number of hydrogen-bond donors (Lipinski definition) is 0. The highest BCUT2D eigenvalue weighted by atomic mass is 16.5. The zero-order valence-electron chi connectivity index (χ0n) is 11.3. The van der Waals surface area contributed by atoms with Gasteiger partial charge < -0.3 is 9.15 Å². The third kappa shape index (κ3) is 3.51. The van der Waals surface area contributed by atoms with Gasteiger partial charge in [0, 0.05) is 12.0 Å². The van der Waals surface area contributed by atoms with E-state index in [9.17, 15) is 9.59 Å². The van der Waals surface area contributed by atoms with Crippen molar-refractivity contribution >= 4 is 11.8 Å². The normalized spacial score (nSPS) is 21.4. The number of ether oxygens (including phenoxy) is 1. The third-order valence-corrected chi connectivity index (χ3v) is 3.57. The van der Waals surface area contributed by atoms with Crippen LogP contribution in [-0.4, -0.2) is 11.8 Å². The Morgan fingerprint density at radius 1 is 1.40 bits per heavy atom. The van der Waals surface area contributed by atoms with Crippen molar-refractivity contribution in [3.8, 4) is 12.3 Å². The van der Waals surface area contributed by atoms with E-state index in [1.54, 1.807) is 6.07 Å². The van der Waals surface area contributed by atoms with Crippen LogP contribution in [0.25, 0.3) is 0 Å². The summed E-state index contributed by atoms with van der Waals surface area (Å²) in [5.74, 6) is 1.19. The minimum atomic E-state index is -0.792. The lowest BCUT2D eigenvalue weighted by atomic mass is 9.90. The van der Waals surface area contributed by atoms with Crippen molar-refractivity contribution in [3.05, 3.63) is 24.2 Å². The van der Waals surface area contributed by atoms with E-state index in [-0.39, 0.29) is 5.78 Å². The molecule has 1 saturated carbocycles. The molecule has 1 fully saturated rings. The van der Waals surface area contributed by atoms with E-state index < -0.39 is 18.0 Å². The van der Waals surface area contributed by atoms with Gasteiger partial charge in [-0.15, -0.1) is 6.42 Å². The van der Waals surface area contributed by atoms with Crippen molar-refractivity contribution in [2.75, 3.05) is 0 Å². The van der Waals surface area contributed by atoms with Crippen molar-refractivity contribution in [1.82, 2.24) is 0 Å². The number of ketones is 1. The van der Waals surface area contributed by atoms with Gasteiger partial charge in [0.25, 0.3) is 0 Å². The Hall–Kier alpha value is -2.02. The zero-order valence-corrected chi connectivity index (χ0v) is 11.3. The van der Waals surface area contributed by atoms with Gasteiger partial charge in [-0.25, -0.2) is 0 Å². The highest BCUT2D eigenvalue weighted by Crippen LogP contribution is 2.24. The average Bonchev–Trinajstić information content (AvgIpc) is 2.94. The smallest absolute Gasteiger partial charge is 0.318 e. The molecule has 1 aliphatic carbocycles. The number of carbonyl (C=O) groups is 2. The molecule has 0 N–H and O–H groups in total. The summed E-state index contributed by atoms with van der Waals surface area (Å²) in [5, 5.41) is 0. The second-order valence-corrected chi connectivity index (χ2v) is 5.01. The molecule has 2 unspecified atom stereocenters. The van der Waals surface area contributed by atoms with Crippen molar-refractivity contribution in [2.45, 2.75) is 44.6 Å². The van der Waals surface area contributed by atoms with E-state index in [0.29, 0.717) is 18.4 Å². The standard InChI is InChI=1S/C16H18O4/c1-2-15(12-9-10-19-11-12)20-16(18)13-7-5-3-4-6-8-14(13)17/h1,9-11,13,15H,3-8H2. The number of esters is 1. The summed E-state index contributed by atoms with van der Waals surface area (Å²) in [4.78, 5) is 24.2. The van der Waals surface area contributed by atoms with Gasteiger partial charge in [-0.1, -0.05) is 25.2 Å². The van der Waals surface area contributed by atoms with Crippen LogP contribution in [0, 0.1) is 18.3 Å². The number of rotatable bonds is 3. The highest BCUT2D eigenvalue weighted by Gasteiger charge is 2.30. The molecule has 1 heterocycles. The van der Waals surface area contributed by atoms with Crippen LogP contribution in [0.2, 0.25) is 0 Å². The van der Waals surface area contributed by atoms with Crippen LogP contribution < -0.4 is 0 Å². The van der Waals surface area contributed by atoms with Crippen molar-refractivity contribution in [3.63, 3.8) is 0 Å². The molecule has 1 aliphatic rings. The molecule has 20 heavy (non-hydrogen) atoms. The molecule has 0 aromatic carbocycles. The summed E-state index contributed by atoms with van der Waals surface area (Å²) >= 11 is 0. The largest absolute Gasteiger partial charge is 0.472 e. The number of carbonyl (C=O) groups excluding carboxylic acids is 2. The first-order chi connectivity index (χ1) is 9.72. The Balaban J connectivity index is 2.02. The molecule has 1 aromatic rings. The predicted molar refractivity (Wildman–Crippen MR) is 72.6 cm³/mol. The number of terminal acetylenes is 1. The summed E-state index contributed by atoms with van der Waals surface area (Å²) in [7, 11) is 0. The number of furan rings is 1. The SMILES string of the molecule is C#CC(OC(=O)C1CCCCCCC1=O)c1ccoc1. The number of hydrogen-bond acceptors (Lipinski definition) is 4. The lowest BCUT2D eigenvalue weighted by molar-refractivity contribution is -0.155. The first-order valence-electron chi connectivity index (χ1n) is 6.94. The fourth-order valence-corrected chi connectivity index (χ4v) is 2.41.